The molecule has 0 bridgehead atoms. The van der Waals surface area contributed by atoms with Gasteiger partial charge in [0.05, 0.1) is 17.8 Å². The summed E-state index contributed by atoms with van der Waals surface area (Å²) in [6.07, 6.45) is 1.40. The van der Waals surface area contributed by atoms with Gasteiger partial charge in [-0.25, -0.2) is 9.97 Å². The van der Waals surface area contributed by atoms with Crippen LogP contribution in [0.15, 0.2) is 6.20 Å². The minimum Gasteiger partial charge on any atom is -0.354 e. The number of halogens is 1. The number of hydrogen-bond donors (Lipinski definition) is 2. The van der Waals surface area contributed by atoms with Crippen LogP contribution in [0.25, 0.3) is 0 Å². The SMILES string of the molecule is CC(C)CNC(=O)CNC(=O)c1nc(C(C)C)ncc1Cl. The Bertz CT molecular complexity index is 518. The number of rotatable bonds is 6. The number of nitrogens with one attached hydrogen (secondary N) is 2. The highest BCUT2D eigenvalue weighted by atomic mass is 35.5. The van der Waals surface area contributed by atoms with Crippen LogP contribution in [0, 0.1) is 5.92 Å². The first-order chi connectivity index (χ1) is 9.81. The summed E-state index contributed by atoms with van der Waals surface area (Å²) in [5.74, 6) is 0.252. The predicted octanol–water partition coefficient (Wildman–Crippen LogP) is 1.76. The lowest BCUT2D eigenvalue weighted by Gasteiger charge is -2.10. The van der Waals surface area contributed by atoms with Crippen molar-refractivity contribution in [1.82, 2.24) is 20.6 Å². The van der Waals surface area contributed by atoms with E-state index >= 15 is 0 Å². The Balaban J connectivity index is 2.63. The molecule has 0 spiro atoms. The summed E-state index contributed by atoms with van der Waals surface area (Å²) in [6.45, 7) is 8.29. The van der Waals surface area contributed by atoms with E-state index in [0.717, 1.165) is 0 Å². The summed E-state index contributed by atoms with van der Waals surface area (Å²) in [5, 5.41) is 5.38. The molecule has 0 saturated heterocycles. The van der Waals surface area contributed by atoms with Crippen LogP contribution in [-0.4, -0.2) is 34.9 Å². The van der Waals surface area contributed by atoms with Crippen molar-refractivity contribution in [1.29, 1.82) is 0 Å². The molecule has 0 aromatic carbocycles. The maximum Gasteiger partial charge on any atom is 0.272 e. The van der Waals surface area contributed by atoms with Crippen molar-refractivity contribution < 1.29 is 9.59 Å². The summed E-state index contributed by atoms with van der Waals surface area (Å²) in [5.41, 5.74) is 0.0898. The number of nitrogens with zero attached hydrogens (tertiary/aromatic N) is 2. The van der Waals surface area contributed by atoms with Crippen molar-refractivity contribution in [2.75, 3.05) is 13.1 Å². The van der Waals surface area contributed by atoms with Gasteiger partial charge in [0.1, 0.15) is 11.5 Å². The lowest BCUT2D eigenvalue weighted by Crippen LogP contribution is -2.38. The second-order valence-electron chi connectivity index (χ2n) is 5.46. The molecule has 0 aliphatic rings. The average Bonchev–Trinajstić information content (AvgIpc) is 2.42. The normalized spacial score (nSPS) is 10.8. The van der Waals surface area contributed by atoms with E-state index in [0.29, 0.717) is 18.3 Å². The van der Waals surface area contributed by atoms with Gasteiger partial charge in [-0.15, -0.1) is 0 Å². The zero-order valence-electron chi connectivity index (χ0n) is 12.7. The largest absolute Gasteiger partial charge is 0.354 e. The third-order valence-electron chi connectivity index (χ3n) is 2.61. The van der Waals surface area contributed by atoms with E-state index in [-0.39, 0.29) is 29.1 Å². The van der Waals surface area contributed by atoms with Crippen LogP contribution >= 0.6 is 11.6 Å². The fourth-order valence-electron chi connectivity index (χ4n) is 1.44. The van der Waals surface area contributed by atoms with Gasteiger partial charge in [-0.05, 0) is 5.92 Å². The quantitative estimate of drug-likeness (QED) is 0.838. The number of amides is 2. The Morgan fingerprint density at radius 2 is 1.90 bits per heavy atom. The smallest absolute Gasteiger partial charge is 0.272 e. The minimum absolute atomic E-state index is 0.0863. The highest BCUT2D eigenvalue weighted by Crippen LogP contribution is 2.16. The van der Waals surface area contributed by atoms with E-state index in [9.17, 15) is 9.59 Å². The molecule has 0 unspecified atom stereocenters. The van der Waals surface area contributed by atoms with Gasteiger partial charge < -0.3 is 10.6 Å². The molecule has 0 radical (unpaired) electrons. The van der Waals surface area contributed by atoms with Gasteiger partial charge in [0, 0.05) is 12.5 Å². The summed E-state index contributed by atoms with van der Waals surface area (Å²) in [7, 11) is 0. The molecule has 2 N–H and O–H groups in total. The fraction of sp³-hybridized carbons (Fsp3) is 0.571. The van der Waals surface area contributed by atoms with Gasteiger partial charge in [0.25, 0.3) is 5.91 Å². The first-order valence-corrected chi connectivity index (χ1v) is 7.26. The van der Waals surface area contributed by atoms with Crippen LogP contribution in [-0.2, 0) is 4.79 Å². The molecule has 1 rings (SSSR count). The zero-order valence-corrected chi connectivity index (χ0v) is 13.5. The van der Waals surface area contributed by atoms with Crippen LogP contribution in [0.1, 0.15) is 49.9 Å². The summed E-state index contributed by atoms with van der Waals surface area (Å²) >= 11 is 5.93. The molecule has 6 nitrogen and oxygen atoms in total. The lowest BCUT2D eigenvalue weighted by molar-refractivity contribution is -0.120. The molecule has 21 heavy (non-hydrogen) atoms. The van der Waals surface area contributed by atoms with E-state index in [4.69, 9.17) is 11.6 Å². The maximum absolute atomic E-state index is 12.0. The second-order valence-corrected chi connectivity index (χ2v) is 5.87. The van der Waals surface area contributed by atoms with Crippen molar-refractivity contribution >= 4 is 23.4 Å². The molecule has 1 heterocycles. The van der Waals surface area contributed by atoms with Gasteiger partial charge in [-0.1, -0.05) is 39.3 Å². The number of aromatic nitrogens is 2. The summed E-state index contributed by atoms with van der Waals surface area (Å²) < 4.78 is 0. The van der Waals surface area contributed by atoms with E-state index in [1.165, 1.54) is 6.20 Å². The van der Waals surface area contributed by atoms with Gasteiger partial charge in [0.15, 0.2) is 0 Å². The van der Waals surface area contributed by atoms with E-state index in [1.54, 1.807) is 0 Å². The Labute approximate surface area is 129 Å². The van der Waals surface area contributed by atoms with Gasteiger partial charge >= 0.3 is 0 Å². The molecular formula is C14H21ClN4O2. The highest BCUT2D eigenvalue weighted by molar-refractivity contribution is 6.33. The standard InChI is InChI=1S/C14H21ClN4O2/c1-8(2)5-16-11(20)7-18-14(21)12-10(15)6-17-13(19-12)9(3)4/h6,8-9H,5,7H2,1-4H3,(H,16,20)(H,18,21). The topological polar surface area (TPSA) is 84.0 Å². The minimum atomic E-state index is -0.482. The van der Waals surface area contributed by atoms with E-state index in [1.807, 2.05) is 27.7 Å². The number of carbonyl (C=O) groups excluding carboxylic acids is 2. The van der Waals surface area contributed by atoms with Crippen molar-refractivity contribution in [3.05, 3.63) is 22.7 Å². The molecule has 0 saturated carbocycles. The van der Waals surface area contributed by atoms with Gasteiger partial charge in [-0.2, -0.15) is 0 Å². The fourth-order valence-corrected chi connectivity index (χ4v) is 1.62. The molecule has 7 heteroatoms. The third kappa shape index (κ3) is 5.67. The number of hydrogen-bond acceptors (Lipinski definition) is 4. The predicted molar refractivity (Wildman–Crippen MR) is 81.3 cm³/mol. The average molecular weight is 313 g/mol. The van der Waals surface area contributed by atoms with Crippen LogP contribution in [0.2, 0.25) is 5.02 Å². The van der Waals surface area contributed by atoms with Crippen molar-refractivity contribution in [2.45, 2.75) is 33.6 Å². The first kappa shape index (κ1) is 17.4. The summed E-state index contributed by atoms with van der Waals surface area (Å²) in [6, 6.07) is 0. The van der Waals surface area contributed by atoms with Crippen LogP contribution in [0.5, 0.6) is 0 Å². The van der Waals surface area contributed by atoms with Crippen LogP contribution < -0.4 is 10.6 Å². The van der Waals surface area contributed by atoms with Crippen molar-refractivity contribution in [2.24, 2.45) is 5.92 Å². The third-order valence-corrected chi connectivity index (χ3v) is 2.89. The van der Waals surface area contributed by atoms with Crippen LogP contribution in [0.3, 0.4) is 0 Å². The molecule has 0 aliphatic heterocycles. The monoisotopic (exact) mass is 312 g/mol. The van der Waals surface area contributed by atoms with E-state index < -0.39 is 5.91 Å². The van der Waals surface area contributed by atoms with Crippen LogP contribution in [0.4, 0.5) is 0 Å². The Kier molecular flexibility index (Phi) is 6.55. The summed E-state index contributed by atoms with van der Waals surface area (Å²) in [4.78, 5) is 31.8. The molecule has 0 atom stereocenters. The Morgan fingerprint density at radius 1 is 1.24 bits per heavy atom. The van der Waals surface area contributed by atoms with E-state index in [2.05, 4.69) is 20.6 Å². The van der Waals surface area contributed by atoms with Gasteiger partial charge in [-0.3, -0.25) is 9.59 Å². The molecule has 2 amide bonds. The Hall–Kier alpha value is -1.69. The first-order valence-electron chi connectivity index (χ1n) is 6.88. The Morgan fingerprint density at radius 3 is 2.48 bits per heavy atom. The highest BCUT2D eigenvalue weighted by Gasteiger charge is 2.16. The molecular weight excluding hydrogens is 292 g/mol. The van der Waals surface area contributed by atoms with Gasteiger partial charge in [0.2, 0.25) is 5.91 Å². The molecule has 116 valence electrons. The maximum atomic E-state index is 12.0. The second kappa shape index (κ2) is 7.93. The van der Waals surface area contributed by atoms with Crippen molar-refractivity contribution in [3.8, 4) is 0 Å². The molecule has 1 aromatic heterocycles. The lowest BCUT2D eigenvalue weighted by atomic mass is 10.2. The number of carbonyl (C=O) groups is 2. The zero-order chi connectivity index (χ0) is 16.0. The van der Waals surface area contributed by atoms with Crippen molar-refractivity contribution in [3.63, 3.8) is 0 Å². The molecule has 0 aliphatic carbocycles. The molecule has 1 aromatic rings. The molecule has 0 fully saturated rings.